The zero-order valence-corrected chi connectivity index (χ0v) is 12.3. The van der Waals surface area contributed by atoms with E-state index in [4.69, 9.17) is 4.74 Å². The third-order valence-corrected chi connectivity index (χ3v) is 3.35. The minimum absolute atomic E-state index is 0.645. The predicted molar refractivity (Wildman–Crippen MR) is 74.8 cm³/mol. The van der Waals surface area contributed by atoms with Crippen LogP contribution in [0, 0.1) is 0 Å². The Morgan fingerprint density at radius 2 is 2.33 bits per heavy atom. The first-order chi connectivity index (χ1) is 8.78. The molecule has 1 N–H and O–H groups in total. The number of aromatic nitrogens is 3. The lowest BCUT2D eigenvalue weighted by atomic mass is 10.3. The fraction of sp³-hybridized carbons (Fsp3) is 0.364. The van der Waals surface area contributed by atoms with Crippen molar-refractivity contribution in [3.8, 4) is 0 Å². The Morgan fingerprint density at radius 1 is 1.44 bits per heavy atom. The van der Waals surface area contributed by atoms with Gasteiger partial charge in [0.15, 0.2) is 0 Å². The minimum Gasteiger partial charge on any atom is -0.384 e. The Bertz CT molecular complexity index is 505. The Hall–Kier alpha value is -1.05. The van der Waals surface area contributed by atoms with Crippen LogP contribution < -0.4 is 5.32 Å². The molecular formula is C11H13BrN4OS. The van der Waals surface area contributed by atoms with Crippen LogP contribution in [0.5, 0.6) is 0 Å². The van der Waals surface area contributed by atoms with Crippen LogP contribution in [-0.4, -0.2) is 28.1 Å². The molecule has 0 radical (unpaired) electrons. The van der Waals surface area contributed by atoms with Crippen LogP contribution in [0.25, 0.3) is 0 Å². The lowest BCUT2D eigenvalue weighted by Gasteiger charge is -2.01. The number of ether oxygens (including phenoxy) is 1. The molecule has 2 rings (SSSR count). The largest absolute Gasteiger partial charge is 0.384 e. The number of nitrogens with zero attached hydrogens (tertiary/aromatic N) is 3. The van der Waals surface area contributed by atoms with Crippen molar-refractivity contribution in [3.05, 3.63) is 34.3 Å². The molecule has 5 nitrogen and oxygen atoms in total. The van der Waals surface area contributed by atoms with Gasteiger partial charge in [0, 0.05) is 48.5 Å². The standard InChI is InChI=1S/C11H13BrN4OS/c1-17-3-2-10-15-11(18-16-10)14-6-8-4-9(12)7-13-5-8/h4-5,7H,2-3,6H2,1H3,(H,14,15,16). The van der Waals surface area contributed by atoms with Gasteiger partial charge in [0.05, 0.1) is 6.61 Å². The molecule has 0 saturated carbocycles. The van der Waals surface area contributed by atoms with E-state index in [2.05, 4.69) is 35.6 Å². The van der Waals surface area contributed by atoms with Crippen molar-refractivity contribution in [1.82, 2.24) is 14.3 Å². The smallest absolute Gasteiger partial charge is 0.202 e. The van der Waals surface area contributed by atoms with E-state index < -0.39 is 0 Å². The highest BCUT2D eigenvalue weighted by molar-refractivity contribution is 9.10. The second-order valence-corrected chi connectivity index (χ2v) is 5.29. The molecule has 2 heterocycles. The van der Waals surface area contributed by atoms with Gasteiger partial charge in [0.25, 0.3) is 0 Å². The molecule has 0 aromatic carbocycles. The van der Waals surface area contributed by atoms with E-state index in [9.17, 15) is 0 Å². The minimum atomic E-state index is 0.645. The first kappa shape index (κ1) is 13.4. The Kier molecular flexibility index (Phi) is 5.03. The average Bonchev–Trinajstić information content (AvgIpc) is 2.82. The first-order valence-electron chi connectivity index (χ1n) is 5.43. The van der Waals surface area contributed by atoms with Gasteiger partial charge in [-0.2, -0.15) is 4.37 Å². The van der Waals surface area contributed by atoms with Crippen molar-refractivity contribution in [3.63, 3.8) is 0 Å². The van der Waals surface area contributed by atoms with Crippen LogP contribution >= 0.6 is 27.5 Å². The van der Waals surface area contributed by atoms with Gasteiger partial charge in [-0.15, -0.1) is 0 Å². The zero-order valence-electron chi connectivity index (χ0n) is 9.89. The van der Waals surface area contributed by atoms with E-state index in [0.717, 1.165) is 27.4 Å². The molecule has 0 aliphatic rings. The van der Waals surface area contributed by atoms with E-state index in [1.54, 1.807) is 13.3 Å². The lowest BCUT2D eigenvalue weighted by Crippen LogP contribution is -2.00. The third-order valence-electron chi connectivity index (χ3n) is 2.20. The van der Waals surface area contributed by atoms with Gasteiger partial charge in [0.1, 0.15) is 5.82 Å². The fourth-order valence-electron chi connectivity index (χ4n) is 1.35. The van der Waals surface area contributed by atoms with Crippen LogP contribution in [0.15, 0.2) is 22.9 Å². The molecule has 0 unspecified atom stereocenters. The van der Waals surface area contributed by atoms with Gasteiger partial charge in [-0.3, -0.25) is 4.98 Å². The van der Waals surface area contributed by atoms with E-state index in [1.807, 2.05) is 12.3 Å². The summed E-state index contributed by atoms with van der Waals surface area (Å²) < 4.78 is 10.2. The second-order valence-electron chi connectivity index (χ2n) is 3.62. The number of halogens is 1. The van der Waals surface area contributed by atoms with E-state index >= 15 is 0 Å². The third kappa shape index (κ3) is 4.01. The van der Waals surface area contributed by atoms with Crippen LogP contribution in [0.3, 0.4) is 0 Å². The predicted octanol–water partition coefficient (Wildman–Crippen LogP) is 2.50. The topological polar surface area (TPSA) is 59.9 Å². The number of anilines is 1. The monoisotopic (exact) mass is 328 g/mol. The van der Waals surface area contributed by atoms with Gasteiger partial charge in [-0.25, -0.2) is 4.98 Å². The molecule has 0 spiro atoms. The average molecular weight is 329 g/mol. The SMILES string of the molecule is COCCc1nsc(NCc2cncc(Br)c2)n1. The molecule has 0 saturated heterocycles. The van der Waals surface area contributed by atoms with Crippen molar-refractivity contribution < 1.29 is 4.74 Å². The van der Waals surface area contributed by atoms with E-state index in [1.165, 1.54) is 11.5 Å². The maximum Gasteiger partial charge on any atom is 0.202 e. The van der Waals surface area contributed by atoms with Crippen LogP contribution in [0.2, 0.25) is 0 Å². The summed E-state index contributed by atoms with van der Waals surface area (Å²) in [5.41, 5.74) is 1.10. The number of hydrogen-bond donors (Lipinski definition) is 1. The second kappa shape index (κ2) is 6.77. The van der Waals surface area contributed by atoms with Crippen molar-refractivity contribution in [2.24, 2.45) is 0 Å². The molecule has 0 bridgehead atoms. The lowest BCUT2D eigenvalue weighted by molar-refractivity contribution is 0.201. The van der Waals surface area contributed by atoms with Crippen molar-refractivity contribution >= 4 is 32.6 Å². The van der Waals surface area contributed by atoms with Crippen molar-refractivity contribution in [2.75, 3.05) is 19.0 Å². The molecular weight excluding hydrogens is 316 g/mol. The molecule has 96 valence electrons. The molecule has 2 aromatic rings. The van der Waals surface area contributed by atoms with Gasteiger partial charge in [-0.1, -0.05) is 0 Å². The fourth-order valence-corrected chi connectivity index (χ4v) is 2.37. The summed E-state index contributed by atoms with van der Waals surface area (Å²) in [4.78, 5) is 8.48. The molecule has 7 heteroatoms. The summed E-state index contributed by atoms with van der Waals surface area (Å²) in [6.07, 6.45) is 4.33. The first-order valence-corrected chi connectivity index (χ1v) is 6.99. The van der Waals surface area contributed by atoms with Gasteiger partial charge < -0.3 is 10.1 Å². The Morgan fingerprint density at radius 3 is 3.11 bits per heavy atom. The molecule has 0 atom stereocenters. The van der Waals surface area contributed by atoms with Crippen LogP contribution in [0.1, 0.15) is 11.4 Å². The highest BCUT2D eigenvalue weighted by Crippen LogP contribution is 2.14. The number of rotatable bonds is 6. The Labute approximate surface area is 118 Å². The van der Waals surface area contributed by atoms with Crippen molar-refractivity contribution in [2.45, 2.75) is 13.0 Å². The van der Waals surface area contributed by atoms with Crippen LogP contribution in [-0.2, 0) is 17.7 Å². The van der Waals surface area contributed by atoms with Gasteiger partial charge >= 0.3 is 0 Å². The number of methoxy groups -OCH3 is 1. The summed E-state index contributed by atoms with van der Waals surface area (Å²) in [6.45, 7) is 1.33. The molecule has 0 aliphatic carbocycles. The van der Waals surface area contributed by atoms with E-state index in [0.29, 0.717) is 13.2 Å². The number of nitrogens with one attached hydrogen (secondary N) is 1. The van der Waals surface area contributed by atoms with Gasteiger partial charge in [0.2, 0.25) is 5.13 Å². The highest BCUT2D eigenvalue weighted by Gasteiger charge is 2.03. The maximum atomic E-state index is 4.99. The Balaban J connectivity index is 1.88. The van der Waals surface area contributed by atoms with Crippen LogP contribution in [0.4, 0.5) is 5.13 Å². The van der Waals surface area contributed by atoms with E-state index in [-0.39, 0.29) is 0 Å². The normalized spacial score (nSPS) is 10.6. The molecule has 0 aliphatic heterocycles. The molecule has 0 fully saturated rings. The number of hydrogen-bond acceptors (Lipinski definition) is 6. The molecule has 0 amide bonds. The zero-order chi connectivity index (χ0) is 12.8. The summed E-state index contributed by atoms with van der Waals surface area (Å²) in [5.74, 6) is 0.816. The highest BCUT2D eigenvalue weighted by atomic mass is 79.9. The molecule has 18 heavy (non-hydrogen) atoms. The summed E-state index contributed by atoms with van der Waals surface area (Å²) in [5, 5.41) is 4.05. The number of pyridine rings is 1. The summed E-state index contributed by atoms with van der Waals surface area (Å²) in [6, 6.07) is 2.02. The summed E-state index contributed by atoms with van der Waals surface area (Å²) in [7, 11) is 1.67. The summed E-state index contributed by atoms with van der Waals surface area (Å²) >= 11 is 4.75. The van der Waals surface area contributed by atoms with Gasteiger partial charge in [-0.05, 0) is 27.6 Å². The maximum absolute atomic E-state index is 4.99. The molecule has 2 aromatic heterocycles. The quantitative estimate of drug-likeness (QED) is 0.882. The van der Waals surface area contributed by atoms with Crippen molar-refractivity contribution in [1.29, 1.82) is 0 Å².